The zero-order valence-electron chi connectivity index (χ0n) is 20.2. The highest BCUT2D eigenvalue weighted by Gasteiger charge is 2.29. The molecule has 1 amide bonds. The van der Waals surface area contributed by atoms with Gasteiger partial charge in [0.15, 0.2) is 11.5 Å². The lowest BCUT2D eigenvalue weighted by atomic mass is 10.1. The maximum Gasteiger partial charge on any atom is 0.272 e. The first-order valence-corrected chi connectivity index (χ1v) is 11.7. The van der Waals surface area contributed by atoms with Gasteiger partial charge < -0.3 is 28.6 Å². The lowest BCUT2D eigenvalue weighted by molar-refractivity contribution is 0.0139. The van der Waals surface area contributed by atoms with Crippen molar-refractivity contribution in [2.45, 2.75) is 18.9 Å². The summed E-state index contributed by atoms with van der Waals surface area (Å²) in [5.41, 5.74) is 1.84. The Balaban J connectivity index is 1.55. The van der Waals surface area contributed by atoms with Gasteiger partial charge in [-0.1, -0.05) is 0 Å². The van der Waals surface area contributed by atoms with Gasteiger partial charge in [-0.15, -0.1) is 0 Å². The van der Waals surface area contributed by atoms with Crippen LogP contribution in [0.25, 0.3) is 11.3 Å². The number of nitrogens with one attached hydrogen (secondary N) is 1. The maximum absolute atomic E-state index is 13.6. The molecule has 2 aromatic rings. The van der Waals surface area contributed by atoms with Crippen molar-refractivity contribution in [1.29, 1.82) is 0 Å². The molecule has 10 nitrogen and oxygen atoms in total. The molecule has 2 aliphatic rings. The Kier molecular flexibility index (Phi) is 8.25. The van der Waals surface area contributed by atoms with Crippen LogP contribution in [0.5, 0.6) is 17.2 Å². The lowest BCUT2D eigenvalue weighted by Gasteiger charge is -2.36. The summed E-state index contributed by atoms with van der Waals surface area (Å²) in [5.74, 6) is 1.52. The third kappa shape index (κ3) is 5.45. The fourth-order valence-electron chi connectivity index (χ4n) is 4.48. The Morgan fingerprint density at radius 2 is 1.68 bits per heavy atom. The molecule has 1 aromatic heterocycles. The van der Waals surface area contributed by atoms with Gasteiger partial charge in [-0.05, 0) is 31.0 Å². The van der Waals surface area contributed by atoms with E-state index in [9.17, 15) is 4.79 Å². The standard InChI is InChI=1S/C24H34N4O6/c1-30-21-14-17(15-22(31-2)23(21)32-3)19-16-20(26-25-19)24(29)28(18-4-10-33-11-5-18)7-6-27-8-12-34-13-9-27/h14-16,18H,4-13H2,1-3H3,(H,25,26). The van der Waals surface area contributed by atoms with Crippen LogP contribution in [0.4, 0.5) is 0 Å². The maximum atomic E-state index is 13.6. The highest BCUT2D eigenvalue weighted by molar-refractivity contribution is 5.93. The minimum Gasteiger partial charge on any atom is -0.493 e. The summed E-state index contributed by atoms with van der Waals surface area (Å²) in [6.45, 7) is 6.09. The SMILES string of the molecule is COc1cc(-c2cc(C(=O)N(CCN3CCOCC3)C3CCOCC3)[nH]n2)cc(OC)c1OC. The summed E-state index contributed by atoms with van der Waals surface area (Å²) < 4.78 is 27.3. The first-order valence-electron chi connectivity index (χ1n) is 11.7. The van der Waals surface area contributed by atoms with Gasteiger partial charge in [0.25, 0.3) is 5.91 Å². The molecule has 2 fully saturated rings. The number of benzene rings is 1. The van der Waals surface area contributed by atoms with Crippen LogP contribution in [0.15, 0.2) is 18.2 Å². The molecule has 0 spiro atoms. The molecule has 1 N–H and O–H groups in total. The van der Waals surface area contributed by atoms with Gasteiger partial charge in [-0.3, -0.25) is 14.8 Å². The molecule has 0 radical (unpaired) electrons. The number of aromatic nitrogens is 2. The highest BCUT2D eigenvalue weighted by atomic mass is 16.5. The molecule has 10 heteroatoms. The molecular formula is C24H34N4O6. The molecular weight excluding hydrogens is 440 g/mol. The Hall–Kier alpha value is -2.82. The number of carbonyl (C=O) groups excluding carboxylic acids is 1. The van der Waals surface area contributed by atoms with Crippen LogP contribution in [0.1, 0.15) is 23.3 Å². The van der Waals surface area contributed by atoms with Crippen LogP contribution in [0.2, 0.25) is 0 Å². The number of carbonyl (C=O) groups is 1. The van der Waals surface area contributed by atoms with Crippen LogP contribution < -0.4 is 14.2 Å². The topological polar surface area (TPSA) is 98.4 Å². The van der Waals surface area contributed by atoms with E-state index in [4.69, 9.17) is 23.7 Å². The molecule has 0 aliphatic carbocycles. The van der Waals surface area contributed by atoms with E-state index in [2.05, 4.69) is 15.1 Å². The largest absolute Gasteiger partial charge is 0.493 e. The number of nitrogens with zero attached hydrogens (tertiary/aromatic N) is 3. The van der Waals surface area contributed by atoms with Gasteiger partial charge >= 0.3 is 0 Å². The summed E-state index contributed by atoms with van der Waals surface area (Å²) in [4.78, 5) is 17.9. The van der Waals surface area contributed by atoms with Crippen molar-refractivity contribution in [3.8, 4) is 28.5 Å². The van der Waals surface area contributed by atoms with Crippen LogP contribution >= 0.6 is 0 Å². The number of amides is 1. The average molecular weight is 475 g/mol. The van der Waals surface area contributed by atoms with Crippen molar-refractivity contribution in [1.82, 2.24) is 20.0 Å². The molecule has 3 heterocycles. The summed E-state index contributed by atoms with van der Waals surface area (Å²) in [6, 6.07) is 5.57. The van der Waals surface area contributed by atoms with Gasteiger partial charge in [-0.2, -0.15) is 5.10 Å². The summed E-state index contributed by atoms with van der Waals surface area (Å²) in [7, 11) is 4.70. The van der Waals surface area contributed by atoms with Crippen LogP contribution in [0.3, 0.4) is 0 Å². The molecule has 1 aromatic carbocycles. The second kappa shape index (κ2) is 11.5. The van der Waals surface area contributed by atoms with E-state index in [1.54, 1.807) is 27.4 Å². The number of morpholine rings is 1. The number of hydrogen-bond acceptors (Lipinski definition) is 8. The zero-order valence-corrected chi connectivity index (χ0v) is 20.2. The Morgan fingerprint density at radius 1 is 1.03 bits per heavy atom. The lowest BCUT2D eigenvalue weighted by Crippen LogP contribution is -2.48. The van der Waals surface area contributed by atoms with E-state index >= 15 is 0 Å². The van der Waals surface area contributed by atoms with Gasteiger partial charge in [-0.25, -0.2) is 0 Å². The number of methoxy groups -OCH3 is 3. The van der Waals surface area contributed by atoms with E-state index in [-0.39, 0.29) is 11.9 Å². The van der Waals surface area contributed by atoms with Crippen LogP contribution in [-0.2, 0) is 9.47 Å². The predicted octanol–water partition coefficient (Wildman–Crippen LogP) is 2.06. The summed E-state index contributed by atoms with van der Waals surface area (Å²) >= 11 is 0. The quantitative estimate of drug-likeness (QED) is 0.590. The Bertz CT molecular complexity index is 928. The first-order chi connectivity index (χ1) is 16.6. The number of hydrogen-bond donors (Lipinski definition) is 1. The second-order valence-corrected chi connectivity index (χ2v) is 8.38. The van der Waals surface area contributed by atoms with Crippen molar-refractivity contribution in [2.75, 3.05) is 73.9 Å². The third-order valence-electron chi connectivity index (χ3n) is 6.42. The van der Waals surface area contributed by atoms with E-state index in [0.717, 1.165) is 51.3 Å². The van der Waals surface area contributed by atoms with E-state index in [1.165, 1.54) is 0 Å². The van der Waals surface area contributed by atoms with E-state index in [0.29, 0.717) is 48.4 Å². The van der Waals surface area contributed by atoms with Gasteiger partial charge in [0, 0.05) is 51.0 Å². The number of aromatic amines is 1. The molecule has 0 saturated carbocycles. The molecule has 186 valence electrons. The molecule has 0 unspecified atom stereocenters. The van der Waals surface area contributed by atoms with Gasteiger partial charge in [0.05, 0.1) is 40.2 Å². The average Bonchev–Trinajstić information content (AvgIpc) is 3.39. The van der Waals surface area contributed by atoms with E-state index < -0.39 is 0 Å². The van der Waals surface area contributed by atoms with Crippen molar-refractivity contribution < 1.29 is 28.5 Å². The Morgan fingerprint density at radius 3 is 2.29 bits per heavy atom. The number of H-pyrrole nitrogens is 1. The monoisotopic (exact) mass is 474 g/mol. The minimum absolute atomic E-state index is 0.0497. The van der Waals surface area contributed by atoms with Crippen LogP contribution in [-0.4, -0.2) is 106 Å². The number of rotatable bonds is 9. The number of ether oxygens (including phenoxy) is 5. The van der Waals surface area contributed by atoms with E-state index in [1.807, 2.05) is 17.0 Å². The Labute approximate surface area is 200 Å². The molecule has 34 heavy (non-hydrogen) atoms. The molecule has 0 atom stereocenters. The third-order valence-corrected chi connectivity index (χ3v) is 6.42. The van der Waals surface area contributed by atoms with Crippen molar-refractivity contribution in [3.63, 3.8) is 0 Å². The summed E-state index contributed by atoms with van der Waals surface area (Å²) in [5, 5.41) is 7.36. The molecule has 4 rings (SSSR count). The van der Waals surface area contributed by atoms with Gasteiger partial charge in [0.2, 0.25) is 5.75 Å². The van der Waals surface area contributed by atoms with Crippen molar-refractivity contribution in [3.05, 3.63) is 23.9 Å². The smallest absolute Gasteiger partial charge is 0.272 e. The fourth-order valence-corrected chi connectivity index (χ4v) is 4.48. The molecule has 0 bridgehead atoms. The molecule has 2 aliphatic heterocycles. The van der Waals surface area contributed by atoms with Gasteiger partial charge in [0.1, 0.15) is 5.69 Å². The van der Waals surface area contributed by atoms with Crippen molar-refractivity contribution >= 4 is 5.91 Å². The predicted molar refractivity (Wildman–Crippen MR) is 126 cm³/mol. The van der Waals surface area contributed by atoms with Crippen LogP contribution in [0, 0.1) is 0 Å². The highest BCUT2D eigenvalue weighted by Crippen LogP contribution is 2.40. The zero-order chi connectivity index (χ0) is 23.9. The van der Waals surface area contributed by atoms with Crippen molar-refractivity contribution in [2.24, 2.45) is 0 Å². The minimum atomic E-state index is -0.0497. The first kappa shape index (κ1) is 24.3. The molecule has 2 saturated heterocycles. The fraction of sp³-hybridized carbons (Fsp3) is 0.583. The normalized spacial score (nSPS) is 17.4. The summed E-state index contributed by atoms with van der Waals surface area (Å²) in [6.07, 6.45) is 1.67. The second-order valence-electron chi connectivity index (χ2n) is 8.38.